The predicted octanol–water partition coefficient (Wildman–Crippen LogP) is 3.04. The Morgan fingerprint density at radius 3 is 2.76 bits per heavy atom. The number of nitrogens with one attached hydrogen (secondary N) is 2. The molecule has 0 aliphatic heterocycles. The highest BCUT2D eigenvalue weighted by Gasteiger charge is 2.11. The highest BCUT2D eigenvalue weighted by atomic mass is 79.9. The van der Waals surface area contributed by atoms with Crippen molar-refractivity contribution in [2.24, 2.45) is 5.84 Å². The van der Waals surface area contributed by atoms with Crippen LogP contribution in [0.25, 0.3) is 0 Å². The Balaban J connectivity index is 2.18. The molecule has 21 heavy (non-hydrogen) atoms. The van der Waals surface area contributed by atoms with Gasteiger partial charge in [0.05, 0.1) is 22.2 Å². The van der Waals surface area contributed by atoms with Crippen LogP contribution in [-0.4, -0.2) is 18.0 Å². The quantitative estimate of drug-likeness (QED) is 0.568. The van der Waals surface area contributed by atoms with Gasteiger partial charge in [-0.05, 0) is 40.2 Å². The molecule has 0 atom stereocenters. The summed E-state index contributed by atoms with van der Waals surface area (Å²) in [5.41, 5.74) is 3.28. The average Bonchev–Trinajstić information content (AvgIpc) is 2.47. The second-order valence-electron chi connectivity index (χ2n) is 4.00. The van der Waals surface area contributed by atoms with Gasteiger partial charge in [0.25, 0.3) is 5.91 Å². The Morgan fingerprint density at radius 1 is 1.43 bits per heavy atom. The van der Waals surface area contributed by atoms with Crippen LogP contribution < -0.4 is 21.3 Å². The van der Waals surface area contributed by atoms with Crippen molar-refractivity contribution in [1.29, 1.82) is 0 Å². The van der Waals surface area contributed by atoms with E-state index < -0.39 is 0 Å². The summed E-state index contributed by atoms with van der Waals surface area (Å²) in [6, 6.07) is 6.69. The van der Waals surface area contributed by atoms with Gasteiger partial charge in [-0.3, -0.25) is 4.79 Å². The number of benzene rings is 1. The molecule has 4 N–H and O–H groups in total. The monoisotopic (exact) mass is 370 g/mol. The predicted molar refractivity (Wildman–Crippen MR) is 85.7 cm³/mol. The third-order valence-electron chi connectivity index (χ3n) is 2.65. The Kier molecular flexibility index (Phi) is 5.00. The van der Waals surface area contributed by atoms with Gasteiger partial charge in [0.1, 0.15) is 5.75 Å². The van der Waals surface area contributed by atoms with Crippen molar-refractivity contribution < 1.29 is 9.53 Å². The van der Waals surface area contributed by atoms with E-state index in [1.165, 1.54) is 12.3 Å². The maximum Gasteiger partial charge on any atom is 0.257 e. The molecule has 8 heteroatoms. The van der Waals surface area contributed by atoms with Crippen molar-refractivity contribution in [3.05, 3.63) is 45.5 Å². The fourth-order valence-electron chi connectivity index (χ4n) is 1.62. The molecule has 1 heterocycles. The Hall–Kier alpha value is -1.83. The third-order valence-corrected chi connectivity index (χ3v) is 3.56. The fraction of sp³-hybridized carbons (Fsp3) is 0.0769. The molecule has 0 radical (unpaired) electrons. The summed E-state index contributed by atoms with van der Waals surface area (Å²) in [4.78, 5) is 16.1. The molecule has 6 nitrogen and oxygen atoms in total. The standard InChI is InChI=1S/C13H12BrClN4O2/c1-21-11-3-2-8(5-9(11)14)18-13(20)7-4-10(15)12(19-16)17-6-7/h2-6H,16H2,1H3,(H,17,19)(H,18,20). The molecule has 1 amide bonds. The Labute approximate surface area is 134 Å². The molecule has 2 rings (SSSR count). The van der Waals surface area contributed by atoms with Crippen LogP contribution in [0.5, 0.6) is 5.75 Å². The first kappa shape index (κ1) is 15.6. The lowest BCUT2D eigenvalue weighted by Crippen LogP contribution is -2.14. The number of rotatable bonds is 4. The van der Waals surface area contributed by atoms with E-state index in [0.717, 1.165) is 4.47 Å². The van der Waals surface area contributed by atoms with Gasteiger partial charge in [-0.15, -0.1) is 0 Å². The number of carbonyl (C=O) groups is 1. The Bertz CT molecular complexity index is 681. The second-order valence-corrected chi connectivity index (χ2v) is 5.26. The lowest BCUT2D eigenvalue weighted by molar-refractivity contribution is 0.102. The molecule has 0 fully saturated rings. The number of amides is 1. The summed E-state index contributed by atoms with van der Waals surface area (Å²) in [5, 5.41) is 3.01. The van der Waals surface area contributed by atoms with Crippen molar-refractivity contribution in [3.63, 3.8) is 0 Å². The lowest BCUT2D eigenvalue weighted by Gasteiger charge is -2.09. The van der Waals surface area contributed by atoms with E-state index in [4.69, 9.17) is 22.2 Å². The number of carbonyl (C=O) groups excluding carboxylic acids is 1. The van der Waals surface area contributed by atoms with Gasteiger partial charge in [-0.25, -0.2) is 10.8 Å². The molecule has 0 aliphatic carbocycles. The van der Waals surface area contributed by atoms with Gasteiger partial charge >= 0.3 is 0 Å². The minimum atomic E-state index is -0.329. The van der Waals surface area contributed by atoms with Crippen LogP contribution in [0.4, 0.5) is 11.5 Å². The molecular weight excluding hydrogens is 360 g/mol. The first-order valence-electron chi connectivity index (χ1n) is 5.82. The molecule has 0 unspecified atom stereocenters. The maximum atomic E-state index is 12.1. The highest BCUT2D eigenvalue weighted by Crippen LogP contribution is 2.28. The average molecular weight is 372 g/mol. The number of hydrogen-bond acceptors (Lipinski definition) is 5. The number of nitrogens with two attached hydrogens (primary N) is 1. The van der Waals surface area contributed by atoms with E-state index in [9.17, 15) is 4.79 Å². The van der Waals surface area contributed by atoms with Gasteiger partial charge in [0.15, 0.2) is 5.82 Å². The van der Waals surface area contributed by atoms with Crippen LogP contribution in [0.15, 0.2) is 34.9 Å². The highest BCUT2D eigenvalue weighted by molar-refractivity contribution is 9.10. The van der Waals surface area contributed by atoms with Gasteiger partial charge in [-0.2, -0.15) is 0 Å². The third kappa shape index (κ3) is 3.63. The molecule has 1 aromatic carbocycles. The van der Waals surface area contributed by atoms with Crippen molar-refractivity contribution in [2.75, 3.05) is 17.9 Å². The van der Waals surface area contributed by atoms with Crippen LogP contribution in [0.3, 0.4) is 0 Å². The lowest BCUT2D eigenvalue weighted by atomic mass is 10.2. The SMILES string of the molecule is COc1ccc(NC(=O)c2cnc(NN)c(Cl)c2)cc1Br. The van der Waals surface area contributed by atoms with Crippen molar-refractivity contribution in [2.45, 2.75) is 0 Å². The summed E-state index contributed by atoms with van der Waals surface area (Å²) in [6.07, 6.45) is 1.38. The summed E-state index contributed by atoms with van der Waals surface area (Å²) < 4.78 is 5.86. The maximum absolute atomic E-state index is 12.1. The van der Waals surface area contributed by atoms with Crippen molar-refractivity contribution in [3.8, 4) is 5.75 Å². The van der Waals surface area contributed by atoms with Crippen LogP contribution >= 0.6 is 27.5 Å². The van der Waals surface area contributed by atoms with E-state index in [2.05, 4.69) is 31.7 Å². The first-order valence-corrected chi connectivity index (χ1v) is 6.99. The number of ether oxygens (including phenoxy) is 1. The minimum Gasteiger partial charge on any atom is -0.496 e. The number of hydrogen-bond donors (Lipinski definition) is 3. The second kappa shape index (κ2) is 6.75. The normalized spacial score (nSPS) is 10.1. The molecule has 0 aliphatic rings. The van der Waals surface area contributed by atoms with Gasteiger partial charge in [-0.1, -0.05) is 11.6 Å². The van der Waals surface area contributed by atoms with Crippen LogP contribution in [-0.2, 0) is 0 Å². The van der Waals surface area contributed by atoms with Gasteiger partial charge in [0, 0.05) is 11.9 Å². The largest absolute Gasteiger partial charge is 0.496 e. The minimum absolute atomic E-state index is 0.265. The molecule has 1 aromatic heterocycles. The van der Waals surface area contributed by atoms with Crippen LogP contribution in [0, 0.1) is 0 Å². The fourth-order valence-corrected chi connectivity index (χ4v) is 2.38. The molecule has 110 valence electrons. The summed E-state index contributed by atoms with van der Waals surface area (Å²) in [7, 11) is 1.57. The number of nitrogens with zero attached hydrogens (tertiary/aromatic N) is 1. The smallest absolute Gasteiger partial charge is 0.257 e. The number of aromatic nitrogens is 1. The number of nitrogen functional groups attached to an aromatic ring is 1. The zero-order valence-corrected chi connectivity index (χ0v) is 13.3. The van der Waals surface area contributed by atoms with Crippen LogP contribution in [0.1, 0.15) is 10.4 Å². The molecule has 0 spiro atoms. The molecule has 0 bridgehead atoms. The van der Waals surface area contributed by atoms with Crippen molar-refractivity contribution in [1.82, 2.24) is 4.98 Å². The van der Waals surface area contributed by atoms with Gasteiger partial charge < -0.3 is 15.5 Å². The number of pyridine rings is 1. The number of methoxy groups -OCH3 is 1. The number of hydrazine groups is 1. The van der Waals surface area contributed by atoms with E-state index in [-0.39, 0.29) is 10.9 Å². The van der Waals surface area contributed by atoms with E-state index in [1.54, 1.807) is 25.3 Å². The molecular formula is C13H12BrClN4O2. The van der Waals surface area contributed by atoms with Crippen molar-refractivity contribution >= 4 is 44.9 Å². The molecule has 0 saturated carbocycles. The summed E-state index contributed by atoms with van der Waals surface area (Å²) in [6.45, 7) is 0. The van der Waals surface area contributed by atoms with Crippen LogP contribution in [0.2, 0.25) is 5.02 Å². The number of halogens is 2. The summed E-state index contributed by atoms with van der Waals surface area (Å²) >= 11 is 9.28. The molecule has 2 aromatic rings. The first-order chi connectivity index (χ1) is 10.0. The zero-order chi connectivity index (χ0) is 15.4. The summed E-state index contributed by atoms with van der Waals surface area (Å²) in [5.74, 6) is 5.88. The number of anilines is 2. The topological polar surface area (TPSA) is 89.3 Å². The zero-order valence-electron chi connectivity index (χ0n) is 11.0. The van der Waals surface area contributed by atoms with E-state index in [1.807, 2.05) is 0 Å². The molecule has 0 saturated heterocycles. The van der Waals surface area contributed by atoms with E-state index in [0.29, 0.717) is 22.8 Å². The van der Waals surface area contributed by atoms with Gasteiger partial charge in [0.2, 0.25) is 0 Å². The Morgan fingerprint density at radius 2 is 2.19 bits per heavy atom. The van der Waals surface area contributed by atoms with E-state index >= 15 is 0 Å².